The minimum absolute atomic E-state index is 0.0548. The van der Waals surface area contributed by atoms with Crippen LogP contribution in [0.3, 0.4) is 0 Å². The number of hydrogen-bond acceptors (Lipinski definition) is 14. The largest absolute Gasteiger partial charge is 0.487 e. The summed E-state index contributed by atoms with van der Waals surface area (Å²) in [6.07, 6.45) is 0. The lowest BCUT2D eigenvalue weighted by Gasteiger charge is -2.53. The molecule has 0 bridgehead atoms. The Bertz CT molecular complexity index is 1800. The summed E-state index contributed by atoms with van der Waals surface area (Å²) in [6, 6.07) is 23.2. The third kappa shape index (κ3) is 6.34. The fraction of sp³-hybridized carbons (Fsp3) is 0.385. The second-order valence-electron chi connectivity index (χ2n) is 12.9. The molecule has 0 amide bonds. The van der Waals surface area contributed by atoms with Gasteiger partial charge in [-0.05, 0) is 36.4 Å². The van der Waals surface area contributed by atoms with Crippen molar-refractivity contribution in [3.63, 3.8) is 0 Å². The van der Waals surface area contributed by atoms with E-state index in [0.717, 1.165) is 41.8 Å². The van der Waals surface area contributed by atoms with E-state index in [9.17, 15) is 20.4 Å². The van der Waals surface area contributed by atoms with Crippen molar-refractivity contribution in [3.05, 3.63) is 95.1 Å². The zero-order valence-electron chi connectivity index (χ0n) is 28.8. The molecule has 4 aliphatic rings. The number of aliphatic hydroxyl groups excluding tert-OH is 4. The minimum atomic E-state index is -1.27. The molecule has 4 aliphatic heterocycles. The van der Waals surface area contributed by atoms with Gasteiger partial charge in [-0.2, -0.15) is 0 Å². The molecule has 2 saturated heterocycles. The highest BCUT2D eigenvalue weighted by molar-refractivity contribution is 8.00. The molecule has 4 N–H and O–H groups in total. The van der Waals surface area contributed by atoms with Gasteiger partial charge < -0.3 is 58.3 Å². The fourth-order valence-electron chi connectivity index (χ4n) is 7.06. The number of rotatable bonds is 12. The van der Waals surface area contributed by atoms with Crippen molar-refractivity contribution in [2.24, 2.45) is 5.41 Å². The highest BCUT2D eigenvalue weighted by Gasteiger charge is 2.57. The van der Waals surface area contributed by atoms with E-state index in [1.165, 1.54) is 23.5 Å². The maximum absolute atomic E-state index is 9.62. The van der Waals surface area contributed by atoms with Crippen LogP contribution in [0.25, 0.3) is 0 Å². The Hall–Kier alpha value is -3.54. The molecule has 4 aromatic carbocycles. The first-order valence-electron chi connectivity index (χ1n) is 17.4. The predicted molar refractivity (Wildman–Crippen MR) is 192 cm³/mol. The Balaban J connectivity index is 1.12. The van der Waals surface area contributed by atoms with Gasteiger partial charge in [0.2, 0.25) is 11.6 Å². The van der Waals surface area contributed by atoms with Crippen LogP contribution in [-0.2, 0) is 30.5 Å². The van der Waals surface area contributed by atoms with Gasteiger partial charge in [-0.3, -0.25) is 0 Å². The van der Waals surface area contributed by atoms with Gasteiger partial charge in [0.05, 0.1) is 68.1 Å². The Morgan fingerprint density at radius 2 is 0.849 bits per heavy atom. The monoisotopic (exact) mass is 764 g/mol. The van der Waals surface area contributed by atoms with Crippen LogP contribution in [0.5, 0.6) is 23.0 Å². The molecule has 12 nitrogen and oxygen atoms in total. The third-order valence-corrected chi connectivity index (χ3v) is 11.8. The molecule has 0 atom stereocenters. The minimum Gasteiger partial charge on any atom is -0.487 e. The summed E-state index contributed by atoms with van der Waals surface area (Å²) in [5.41, 5.74) is 2.56. The lowest BCUT2D eigenvalue weighted by molar-refractivity contribution is -0.359. The molecule has 280 valence electrons. The van der Waals surface area contributed by atoms with E-state index < -0.39 is 17.0 Å². The Kier molecular flexibility index (Phi) is 10.5. The summed E-state index contributed by atoms with van der Waals surface area (Å²) >= 11 is 3.02. The van der Waals surface area contributed by atoms with E-state index in [1.54, 1.807) is 12.1 Å². The van der Waals surface area contributed by atoms with Crippen molar-refractivity contribution < 1.29 is 58.3 Å². The van der Waals surface area contributed by atoms with Crippen molar-refractivity contribution >= 4 is 23.5 Å². The molecule has 0 saturated carbocycles. The summed E-state index contributed by atoms with van der Waals surface area (Å²) in [6.45, 7) is 0.582. The van der Waals surface area contributed by atoms with Crippen LogP contribution in [0.4, 0.5) is 0 Å². The van der Waals surface area contributed by atoms with Gasteiger partial charge in [-0.15, -0.1) is 0 Å². The van der Waals surface area contributed by atoms with Crippen LogP contribution < -0.4 is 18.9 Å². The van der Waals surface area contributed by atoms with Gasteiger partial charge in [0, 0.05) is 32.0 Å². The first-order chi connectivity index (χ1) is 26.0. The smallest absolute Gasteiger partial charge is 0.224 e. The standard InChI is InChI=1S/C39H40O12S2/c40-13-17-44-29-11-9-27-35(33(29)46-19-15-42)52-31-7-3-1-5-25(31)38(27)48-21-37(22-49-38)23-50-39(51-24-37)26-6-2-4-8-32(26)53-36-28(39)10-12-30(45-18-14-41)34(36)47-20-16-43/h1-12,40-43H,13-24H2. The molecule has 4 heterocycles. The number of benzene rings is 4. The Morgan fingerprint density at radius 1 is 0.472 bits per heavy atom. The summed E-state index contributed by atoms with van der Waals surface area (Å²) < 4.78 is 51.4. The van der Waals surface area contributed by atoms with E-state index >= 15 is 0 Å². The first-order valence-corrected chi connectivity index (χ1v) is 19.0. The average Bonchev–Trinajstić information content (AvgIpc) is 3.20. The summed E-state index contributed by atoms with van der Waals surface area (Å²) in [5.74, 6) is -0.750. The molecule has 0 aromatic heterocycles. The van der Waals surface area contributed by atoms with Gasteiger partial charge in [0.1, 0.15) is 26.4 Å². The Labute approximate surface area is 314 Å². The lowest BCUT2D eigenvalue weighted by atomic mass is 9.85. The van der Waals surface area contributed by atoms with Crippen molar-refractivity contribution in [2.75, 3.05) is 79.3 Å². The van der Waals surface area contributed by atoms with Crippen LogP contribution in [0.15, 0.2) is 92.4 Å². The summed E-state index contributed by atoms with van der Waals surface area (Å²) in [4.78, 5) is 3.34. The van der Waals surface area contributed by atoms with Crippen molar-refractivity contribution in [2.45, 2.75) is 31.2 Å². The van der Waals surface area contributed by atoms with Gasteiger partial charge in [-0.1, -0.05) is 59.9 Å². The zero-order chi connectivity index (χ0) is 36.5. The van der Waals surface area contributed by atoms with Crippen LogP contribution >= 0.6 is 23.5 Å². The molecule has 14 heteroatoms. The summed E-state index contributed by atoms with van der Waals surface area (Å²) in [7, 11) is 0. The number of aliphatic hydroxyl groups is 4. The maximum atomic E-state index is 9.62. The van der Waals surface area contributed by atoms with Crippen LogP contribution in [-0.4, -0.2) is 99.7 Å². The normalized spacial score (nSPS) is 23.9. The lowest BCUT2D eigenvalue weighted by Crippen LogP contribution is -2.58. The SMILES string of the molecule is OCCOc1ccc2c(c1OCCO)Sc1ccccc1C21OCC2(CO1)COC1(OC2)c2ccccc2Sc2c1ccc(OCCO)c2OCCO. The highest BCUT2D eigenvalue weighted by atomic mass is 32.2. The van der Waals surface area contributed by atoms with E-state index in [4.69, 9.17) is 37.9 Å². The predicted octanol–water partition coefficient (Wildman–Crippen LogP) is 4.28. The number of hydrogen-bond donors (Lipinski definition) is 4. The molecule has 8 rings (SSSR count). The van der Waals surface area contributed by atoms with Crippen LogP contribution in [0, 0.1) is 5.41 Å². The van der Waals surface area contributed by atoms with E-state index in [2.05, 4.69) is 0 Å². The third-order valence-electron chi connectivity index (χ3n) is 9.47. The molecule has 3 spiro atoms. The van der Waals surface area contributed by atoms with Crippen molar-refractivity contribution in [1.82, 2.24) is 0 Å². The van der Waals surface area contributed by atoms with Gasteiger partial charge >= 0.3 is 0 Å². The fourth-order valence-corrected chi connectivity index (χ4v) is 9.54. The maximum Gasteiger partial charge on any atom is 0.224 e. The first kappa shape index (κ1) is 36.4. The second kappa shape index (κ2) is 15.3. The number of ether oxygens (including phenoxy) is 8. The van der Waals surface area contributed by atoms with Crippen LogP contribution in [0.2, 0.25) is 0 Å². The van der Waals surface area contributed by atoms with Crippen molar-refractivity contribution in [1.29, 1.82) is 0 Å². The van der Waals surface area contributed by atoms with E-state index in [-0.39, 0.29) is 79.3 Å². The summed E-state index contributed by atoms with van der Waals surface area (Å²) in [5, 5.41) is 38.1. The Morgan fingerprint density at radius 3 is 1.25 bits per heavy atom. The zero-order valence-corrected chi connectivity index (χ0v) is 30.4. The molecule has 2 fully saturated rings. The molecular weight excluding hydrogens is 725 g/mol. The van der Waals surface area contributed by atoms with E-state index in [1.807, 2.05) is 60.7 Å². The second-order valence-corrected chi connectivity index (χ2v) is 15.0. The van der Waals surface area contributed by atoms with Gasteiger partial charge in [0.25, 0.3) is 0 Å². The molecule has 0 unspecified atom stereocenters. The molecule has 0 aliphatic carbocycles. The highest BCUT2D eigenvalue weighted by Crippen LogP contribution is 2.60. The van der Waals surface area contributed by atoms with E-state index in [0.29, 0.717) is 23.0 Å². The van der Waals surface area contributed by atoms with Crippen molar-refractivity contribution in [3.8, 4) is 23.0 Å². The van der Waals surface area contributed by atoms with Gasteiger partial charge in [0.15, 0.2) is 23.0 Å². The quantitative estimate of drug-likeness (QED) is 0.162. The van der Waals surface area contributed by atoms with Gasteiger partial charge in [-0.25, -0.2) is 0 Å². The number of fused-ring (bicyclic) bond motifs is 8. The molecule has 53 heavy (non-hydrogen) atoms. The average molecular weight is 765 g/mol. The molecular formula is C39H40O12S2. The molecule has 4 aromatic rings. The molecule has 0 radical (unpaired) electrons. The van der Waals surface area contributed by atoms with Crippen LogP contribution in [0.1, 0.15) is 22.3 Å². The topological polar surface area (TPSA) is 155 Å².